The average molecular weight is 596 g/mol. The van der Waals surface area contributed by atoms with E-state index in [2.05, 4.69) is 44.5 Å². The van der Waals surface area contributed by atoms with E-state index in [0.29, 0.717) is 66.6 Å². The van der Waals surface area contributed by atoms with Gasteiger partial charge in [0.15, 0.2) is 0 Å². The van der Waals surface area contributed by atoms with Gasteiger partial charge in [0.1, 0.15) is 17.2 Å². The van der Waals surface area contributed by atoms with Crippen molar-refractivity contribution in [2.45, 2.75) is 44.6 Å². The molecule has 1 aromatic carbocycles. The van der Waals surface area contributed by atoms with Gasteiger partial charge in [0.05, 0.1) is 24.5 Å². The van der Waals surface area contributed by atoms with Crippen LogP contribution in [-0.4, -0.2) is 74.6 Å². The van der Waals surface area contributed by atoms with Gasteiger partial charge in [0, 0.05) is 63.7 Å². The van der Waals surface area contributed by atoms with Crippen molar-refractivity contribution in [3.8, 4) is 11.4 Å². The third kappa shape index (κ3) is 6.44. The van der Waals surface area contributed by atoms with Crippen LogP contribution in [0.25, 0.3) is 22.4 Å². The zero-order valence-electron chi connectivity index (χ0n) is 25.6. The molecule has 11 nitrogen and oxygen atoms in total. The number of anilines is 2. The minimum Gasteiger partial charge on any atom is -0.405 e. The number of imidazole rings is 1. The number of pyridine rings is 1. The molecule has 1 saturated heterocycles. The van der Waals surface area contributed by atoms with Crippen LogP contribution in [0, 0.1) is 0 Å². The van der Waals surface area contributed by atoms with Crippen LogP contribution in [-0.2, 0) is 18.3 Å². The minimum absolute atomic E-state index is 0.156. The zero-order chi connectivity index (χ0) is 30.5. The first-order valence-corrected chi connectivity index (χ1v) is 15.5. The van der Waals surface area contributed by atoms with Gasteiger partial charge in [0.2, 0.25) is 5.95 Å². The van der Waals surface area contributed by atoms with Gasteiger partial charge in [-0.15, -0.1) is 0 Å². The molecule has 11 heteroatoms. The number of aliphatic imine (C=N–C) groups is 1. The largest absolute Gasteiger partial charge is 0.405 e. The molecule has 0 atom stereocenters. The lowest BCUT2D eigenvalue weighted by Gasteiger charge is -2.27. The van der Waals surface area contributed by atoms with Crippen LogP contribution in [0.2, 0.25) is 0 Å². The van der Waals surface area contributed by atoms with Gasteiger partial charge in [0.25, 0.3) is 5.56 Å². The Morgan fingerprint density at radius 2 is 1.89 bits per heavy atom. The molecule has 4 aromatic rings. The van der Waals surface area contributed by atoms with Gasteiger partial charge < -0.3 is 20.4 Å². The Kier molecular flexibility index (Phi) is 9.13. The number of benzene rings is 1. The summed E-state index contributed by atoms with van der Waals surface area (Å²) in [6.45, 7) is 4.24. The van der Waals surface area contributed by atoms with E-state index in [4.69, 9.17) is 20.4 Å². The predicted octanol–water partition coefficient (Wildman–Crippen LogP) is 4.21. The van der Waals surface area contributed by atoms with E-state index >= 15 is 0 Å². The number of hydrogen-bond donors (Lipinski definition) is 2. The van der Waals surface area contributed by atoms with Gasteiger partial charge >= 0.3 is 0 Å². The third-order valence-corrected chi connectivity index (χ3v) is 8.69. The highest BCUT2D eigenvalue weighted by Crippen LogP contribution is 2.33. The Labute approximate surface area is 257 Å². The number of ether oxygens (including phenoxy) is 1. The Morgan fingerprint density at radius 1 is 1.11 bits per heavy atom. The van der Waals surface area contributed by atoms with E-state index in [0.717, 1.165) is 24.2 Å². The number of aryl methyl sites for hydroxylation is 1. The number of allylic oxidation sites excluding steroid dienone is 1. The summed E-state index contributed by atoms with van der Waals surface area (Å²) in [5.41, 5.74) is 10.1. The van der Waals surface area contributed by atoms with Gasteiger partial charge in [-0.25, -0.2) is 9.97 Å². The fraction of sp³-hybridized carbons (Fsp3) is 0.424. The molecule has 0 radical (unpaired) electrons. The minimum atomic E-state index is -0.156. The highest BCUT2D eigenvalue weighted by atomic mass is 16.5. The molecule has 0 bridgehead atoms. The topological polar surface area (TPSA) is 128 Å². The van der Waals surface area contributed by atoms with E-state index in [1.54, 1.807) is 23.9 Å². The second-order valence-electron chi connectivity index (χ2n) is 11.6. The smallest absolute Gasteiger partial charge is 0.263 e. The van der Waals surface area contributed by atoms with Gasteiger partial charge in [-0.2, -0.15) is 4.98 Å². The van der Waals surface area contributed by atoms with Crippen LogP contribution < -0.4 is 16.6 Å². The number of aromatic nitrogens is 5. The van der Waals surface area contributed by atoms with Crippen LogP contribution in [0.1, 0.15) is 49.3 Å². The zero-order valence-corrected chi connectivity index (χ0v) is 25.6. The molecule has 3 N–H and O–H groups in total. The second-order valence-corrected chi connectivity index (χ2v) is 11.6. The Bertz CT molecular complexity index is 1710. The lowest BCUT2D eigenvalue weighted by molar-refractivity contribution is 0.0364. The number of rotatable bonds is 9. The molecule has 2 fully saturated rings. The quantitative estimate of drug-likeness (QED) is 0.276. The maximum absolute atomic E-state index is 14.2. The molecule has 1 saturated carbocycles. The summed E-state index contributed by atoms with van der Waals surface area (Å²) in [6.07, 6.45) is 13.2. The lowest BCUT2D eigenvalue weighted by atomic mass is 9.84. The molecule has 0 unspecified atom stereocenters. The summed E-state index contributed by atoms with van der Waals surface area (Å²) in [7, 11) is 3.56. The molecular formula is C33H41N9O2. The third-order valence-electron chi connectivity index (χ3n) is 8.69. The molecular weight excluding hydrogens is 554 g/mol. The van der Waals surface area contributed by atoms with Crippen molar-refractivity contribution in [2.24, 2.45) is 17.8 Å². The first-order valence-electron chi connectivity index (χ1n) is 15.5. The predicted molar refractivity (Wildman–Crippen MR) is 175 cm³/mol. The SMILES string of the molecule is CN=C(C=CN)c1cn(C)c(-c2cc3cnc(Nc4ccc(C5CCCCC5)cc4)nc3n(CCN3CCOCC3)c2=O)n1. The average Bonchev–Trinajstić information content (AvgIpc) is 3.45. The van der Waals surface area contributed by atoms with Crippen molar-refractivity contribution < 1.29 is 4.74 Å². The molecule has 2 aliphatic rings. The summed E-state index contributed by atoms with van der Waals surface area (Å²) < 4.78 is 9.12. The van der Waals surface area contributed by atoms with Crippen LogP contribution >= 0.6 is 0 Å². The maximum Gasteiger partial charge on any atom is 0.263 e. The summed E-state index contributed by atoms with van der Waals surface area (Å²) >= 11 is 0. The number of nitrogens with one attached hydrogen (secondary N) is 1. The Morgan fingerprint density at radius 3 is 2.61 bits per heavy atom. The van der Waals surface area contributed by atoms with Crippen LogP contribution in [0.15, 0.2) is 64.8 Å². The number of morpholine rings is 1. The molecule has 4 heterocycles. The number of hydrogen-bond acceptors (Lipinski definition) is 9. The van der Waals surface area contributed by atoms with Crippen LogP contribution in [0.5, 0.6) is 0 Å². The van der Waals surface area contributed by atoms with Gasteiger partial charge in [-0.3, -0.25) is 19.3 Å². The van der Waals surface area contributed by atoms with Crippen molar-refractivity contribution in [3.63, 3.8) is 0 Å². The van der Waals surface area contributed by atoms with Gasteiger partial charge in [-0.05, 0) is 54.8 Å². The molecule has 44 heavy (non-hydrogen) atoms. The normalized spacial score (nSPS) is 17.1. The lowest BCUT2D eigenvalue weighted by Crippen LogP contribution is -2.39. The summed E-state index contributed by atoms with van der Waals surface area (Å²) in [4.78, 5) is 35.0. The highest BCUT2D eigenvalue weighted by molar-refractivity contribution is 6.07. The van der Waals surface area contributed by atoms with Crippen molar-refractivity contribution in [1.29, 1.82) is 0 Å². The van der Waals surface area contributed by atoms with E-state index < -0.39 is 0 Å². The highest BCUT2D eigenvalue weighted by Gasteiger charge is 2.20. The standard InChI is InChI=1S/C33H41N9O2/c1-35-28(12-13-34)29-22-40(2)31(38-29)27-20-25-21-36-33(37-26-10-8-24(9-11-26)23-6-4-3-5-7-23)39-30(25)42(32(27)43)15-14-41-16-18-44-19-17-41/h8-13,20-23H,3-7,14-19,34H2,1-2H3,(H,36,37,39). The van der Waals surface area contributed by atoms with Gasteiger partial charge in [-0.1, -0.05) is 31.4 Å². The summed E-state index contributed by atoms with van der Waals surface area (Å²) in [6, 6.07) is 10.4. The van der Waals surface area contributed by atoms with E-state index in [1.165, 1.54) is 43.9 Å². The number of nitrogens with two attached hydrogens (primary N) is 1. The molecule has 3 aromatic heterocycles. The monoisotopic (exact) mass is 595 g/mol. The molecule has 0 amide bonds. The second kappa shape index (κ2) is 13.5. The fourth-order valence-electron chi connectivity index (χ4n) is 6.26. The Balaban J connectivity index is 1.35. The van der Waals surface area contributed by atoms with Crippen molar-refractivity contribution in [1.82, 2.24) is 29.0 Å². The molecule has 0 spiro atoms. The first-order chi connectivity index (χ1) is 21.5. The maximum atomic E-state index is 14.2. The van der Waals surface area contributed by atoms with Crippen molar-refractivity contribution in [3.05, 3.63) is 76.6 Å². The van der Waals surface area contributed by atoms with E-state index in [1.807, 2.05) is 23.9 Å². The summed E-state index contributed by atoms with van der Waals surface area (Å²) in [5.74, 6) is 1.64. The fourth-order valence-corrected chi connectivity index (χ4v) is 6.26. The van der Waals surface area contributed by atoms with Crippen molar-refractivity contribution >= 4 is 28.4 Å². The molecule has 6 rings (SSSR count). The first kappa shape index (κ1) is 29.7. The Hall–Kier alpha value is -4.35. The van der Waals surface area contributed by atoms with Crippen LogP contribution in [0.4, 0.5) is 11.6 Å². The number of fused-ring (bicyclic) bond motifs is 1. The van der Waals surface area contributed by atoms with Crippen molar-refractivity contribution in [2.75, 3.05) is 45.2 Å². The number of nitrogens with zero attached hydrogens (tertiary/aromatic N) is 7. The molecule has 230 valence electrons. The van der Waals surface area contributed by atoms with E-state index in [-0.39, 0.29) is 5.56 Å². The molecule has 1 aliphatic heterocycles. The van der Waals surface area contributed by atoms with Crippen LogP contribution in [0.3, 0.4) is 0 Å². The van der Waals surface area contributed by atoms with E-state index in [9.17, 15) is 4.79 Å². The molecule has 1 aliphatic carbocycles. The summed E-state index contributed by atoms with van der Waals surface area (Å²) in [5, 5.41) is 4.12.